The molecule has 0 aliphatic heterocycles. The van der Waals surface area contributed by atoms with Crippen molar-refractivity contribution in [3.8, 4) is 5.75 Å². The molecule has 0 aliphatic carbocycles. The summed E-state index contributed by atoms with van der Waals surface area (Å²) in [6, 6.07) is 3.08. The van der Waals surface area contributed by atoms with E-state index in [2.05, 4.69) is 90.5 Å². The van der Waals surface area contributed by atoms with Crippen LogP contribution in [0.5, 0.6) is 5.75 Å². The van der Waals surface area contributed by atoms with Crippen LogP contribution in [0.15, 0.2) is 91.1 Å². The van der Waals surface area contributed by atoms with Gasteiger partial charge in [0, 0.05) is 5.69 Å². The smallest absolute Gasteiger partial charge is 0.339 e. The highest BCUT2D eigenvalue weighted by atomic mass is 32.2. The Bertz CT molecular complexity index is 1300. The van der Waals surface area contributed by atoms with Crippen LogP contribution in [0, 0.1) is 5.92 Å². The van der Waals surface area contributed by atoms with E-state index in [1.807, 2.05) is 27.7 Å². The topological polar surface area (TPSA) is 116 Å². The van der Waals surface area contributed by atoms with E-state index in [1.54, 1.807) is 11.8 Å². The van der Waals surface area contributed by atoms with Crippen LogP contribution in [0.1, 0.15) is 116 Å². The van der Waals surface area contributed by atoms with Gasteiger partial charge in [-0.15, -0.1) is 11.8 Å². The lowest BCUT2D eigenvalue weighted by Gasteiger charge is -2.32. The predicted molar refractivity (Wildman–Crippen MR) is 208 cm³/mol. The molecule has 0 fully saturated rings. The van der Waals surface area contributed by atoms with E-state index in [0.29, 0.717) is 19.3 Å². The van der Waals surface area contributed by atoms with Gasteiger partial charge >= 0.3 is 5.97 Å². The third kappa shape index (κ3) is 18.5. The highest BCUT2D eigenvalue weighted by Crippen LogP contribution is 2.34. The normalized spacial score (nSPS) is 13.3. The van der Waals surface area contributed by atoms with Crippen molar-refractivity contribution in [2.24, 2.45) is 5.92 Å². The Balaban J connectivity index is 2.49. The number of nitrogens with one attached hydrogen (secondary N) is 2. The zero-order valence-corrected chi connectivity index (χ0v) is 31.1. The quantitative estimate of drug-likeness (QED) is 0.0461. The van der Waals surface area contributed by atoms with Crippen LogP contribution in [0.4, 0.5) is 5.69 Å². The molecule has 1 unspecified atom stereocenters. The average molecular weight is 693 g/mol. The molecule has 0 aliphatic rings. The molecule has 0 bridgehead atoms. The molecule has 8 heteroatoms. The number of anilines is 1. The van der Waals surface area contributed by atoms with Crippen LogP contribution in [-0.2, 0) is 9.59 Å². The maximum absolute atomic E-state index is 13.6. The third-order valence-electron chi connectivity index (χ3n) is 7.87. The monoisotopic (exact) mass is 692 g/mol. The summed E-state index contributed by atoms with van der Waals surface area (Å²) >= 11 is 1.65. The Labute approximate surface area is 299 Å². The van der Waals surface area contributed by atoms with E-state index in [1.165, 1.54) is 18.2 Å². The largest absolute Gasteiger partial charge is 0.507 e. The van der Waals surface area contributed by atoms with Crippen molar-refractivity contribution in [3.63, 3.8) is 0 Å². The van der Waals surface area contributed by atoms with Crippen molar-refractivity contribution in [1.82, 2.24) is 5.32 Å². The number of carbonyl (C=O) groups excluding carboxylic acids is 2. The molecular formula is C41H60N2O5S. The fourth-order valence-electron chi connectivity index (χ4n) is 4.96. The minimum absolute atomic E-state index is 0.136. The number of benzene rings is 1. The summed E-state index contributed by atoms with van der Waals surface area (Å²) in [5, 5.41) is 24.8. The number of thioether (sulfide) groups is 1. The molecule has 2 amide bonds. The van der Waals surface area contributed by atoms with Gasteiger partial charge in [-0.25, -0.2) is 4.79 Å². The fraction of sp³-hybridized carbons (Fsp3) is 0.488. The van der Waals surface area contributed by atoms with Crippen LogP contribution in [-0.4, -0.2) is 44.5 Å². The predicted octanol–water partition coefficient (Wildman–Crippen LogP) is 10.3. The third-order valence-corrected chi connectivity index (χ3v) is 9.68. The molecule has 0 aromatic heterocycles. The summed E-state index contributed by atoms with van der Waals surface area (Å²) in [4.78, 5) is 38.3. The first-order chi connectivity index (χ1) is 23.6. The average Bonchev–Trinajstić information content (AvgIpc) is 3.07. The van der Waals surface area contributed by atoms with Gasteiger partial charge in [0.2, 0.25) is 11.8 Å². The zero-order chi connectivity index (χ0) is 36.3. The first-order valence-corrected chi connectivity index (χ1v) is 18.8. The number of amides is 2. The number of hydrogen-bond donors (Lipinski definition) is 4. The first kappa shape index (κ1) is 43.2. The molecule has 0 spiro atoms. The number of aromatic carboxylic acids is 1. The Morgan fingerprint density at radius 2 is 1.31 bits per heavy atom. The Hall–Kier alpha value is -3.78. The molecule has 0 radical (unpaired) electrons. The van der Waals surface area contributed by atoms with Crippen molar-refractivity contribution in [1.29, 1.82) is 0 Å². The summed E-state index contributed by atoms with van der Waals surface area (Å²) in [6.45, 7) is 10.1. The zero-order valence-electron chi connectivity index (χ0n) is 30.3. The number of hydrogen-bond acceptors (Lipinski definition) is 5. The van der Waals surface area contributed by atoms with Gasteiger partial charge in [0.15, 0.2) is 0 Å². The van der Waals surface area contributed by atoms with Crippen molar-refractivity contribution in [3.05, 3.63) is 96.7 Å². The van der Waals surface area contributed by atoms with Crippen LogP contribution in [0.25, 0.3) is 0 Å². The van der Waals surface area contributed by atoms with E-state index in [-0.39, 0.29) is 28.8 Å². The van der Waals surface area contributed by atoms with Crippen molar-refractivity contribution in [2.75, 3.05) is 11.1 Å². The highest BCUT2D eigenvalue weighted by molar-refractivity contribution is 8.01. The summed E-state index contributed by atoms with van der Waals surface area (Å²) < 4.78 is -0.650. The lowest BCUT2D eigenvalue weighted by molar-refractivity contribution is -0.128. The maximum Gasteiger partial charge on any atom is 0.339 e. The molecule has 1 aromatic carbocycles. The molecule has 4 N–H and O–H groups in total. The number of allylic oxidation sites excluding steroid dienone is 12. The molecule has 1 aromatic rings. The van der Waals surface area contributed by atoms with E-state index >= 15 is 0 Å². The first-order valence-electron chi connectivity index (χ1n) is 17.8. The van der Waals surface area contributed by atoms with Crippen LogP contribution >= 0.6 is 11.8 Å². The van der Waals surface area contributed by atoms with Gasteiger partial charge in [-0.1, -0.05) is 108 Å². The molecule has 0 heterocycles. The standard InChI is InChI=1S/C41H60N2O5S/c1-6-9-10-11-12-13-14-15-16-17-18-19-20-21-22-23-24-25-26-27-30-49-41(7-2,8-3)40(48)43-36(31-33(4)5)38(45)42-34-28-29-37(44)35(32-34)39(46)47/h9-10,12-13,15-16,18-19,21-22,24-25,28-29,32-33,36,44H,6-8,11,14,17,20,23,26-27,30-31H2,1-5H3,(H,42,45)(H,43,48)(H,46,47). The van der Waals surface area contributed by atoms with Crippen molar-refractivity contribution >= 4 is 35.2 Å². The number of phenols is 1. The second-order valence-corrected chi connectivity index (χ2v) is 13.8. The fourth-order valence-corrected chi connectivity index (χ4v) is 6.26. The van der Waals surface area contributed by atoms with Gasteiger partial charge in [0.25, 0.3) is 0 Å². The van der Waals surface area contributed by atoms with E-state index in [0.717, 1.165) is 57.1 Å². The van der Waals surface area contributed by atoms with Gasteiger partial charge in [-0.05, 0) is 100 Å². The Morgan fingerprint density at radius 1 is 0.796 bits per heavy atom. The minimum atomic E-state index is -1.30. The van der Waals surface area contributed by atoms with Crippen LogP contribution < -0.4 is 10.6 Å². The summed E-state index contributed by atoms with van der Waals surface area (Å²) in [5.74, 6) is -1.30. The molecule has 270 valence electrons. The number of carboxylic acid groups (broad SMARTS) is 1. The van der Waals surface area contributed by atoms with Gasteiger partial charge in [0.1, 0.15) is 17.4 Å². The van der Waals surface area contributed by atoms with Gasteiger partial charge in [0.05, 0.1) is 4.75 Å². The van der Waals surface area contributed by atoms with Gasteiger partial charge < -0.3 is 20.8 Å². The van der Waals surface area contributed by atoms with Crippen molar-refractivity contribution in [2.45, 2.75) is 116 Å². The number of carboxylic acids is 1. The molecule has 7 nitrogen and oxygen atoms in total. The van der Waals surface area contributed by atoms with Crippen LogP contribution in [0.2, 0.25) is 0 Å². The molecule has 1 atom stereocenters. The summed E-state index contributed by atoms with van der Waals surface area (Å²) in [7, 11) is 0. The molecule has 0 saturated carbocycles. The maximum atomic E-state index is 13.6. The number of rotatable bonds is 25. The second-order valence-electron chi connectivity index (χ2n) is 12.3. The SMILES string of the molecule is CCC=CCC=CCC=CCC=CCC=CCC=CCCCSC(CC)(CC)C(=O)NC(CC(C)C)C(=O)Nc1ccc(O)c(C(=O)O)c1. The molecule has 0 saturated heterocycles. The summed E-state index contributed by atoms with van der Waals surface area (Å²) in [6.07, 6.45) is 35.8. The molecule has 49 heavy (non-hydrogen) atoms. The lowest BCUT2D eigenvalue weighted by Crippen LogP contribution is -2.52. The Kier molecular flexibility index (Phi) is 23.1. The van der Waals surface area contributed by atoms with Gasteiger partial charge in [-0.3, -0.25) is 9.59 Å². The Morgan fingerprint density at radius 3 is 1.78 bits per heavy atom. The highest BCUT2D eigenvalue weighted by Gasteiger charge is 2.37. The van der Waals surface area contributed by atoms with Gasteiger partial charge in [-0.2, -0.15) is 0 Å². The molecular weight excluding hydrogens is 633 g/mol. The summed E-state index contributed by atoms with van der Waals surface area (Å²) in [5.41, 5.74) is -0.0668. The van der Waals surface area contributed by atoms with Crippen molar-refractivity contribution < 1.29 is 24.6 Å². The van der Waals surface area contributed by atoms with E-state index < -0.39 is 22.7 Å². The molecule has 1 rings (SSSR count). The van der Waals surface area contributed by atoms with E-state index in [4.69, 9.17) is 0 Å². The second kappa shape index (κ2) is 26.1. The van der Waals surface area contributed by atoms with Crippen LogP contribution in [0.3, 0.4) is 0 Å². The lowest BCUT2D eigenvalue weighted by atomic mass is 9.98. The number of aromatic hydroxyl groups is 1. The minimum Gasteiger partial charge on any atom is -0.507 e. The van der Waals surface area contributed by atoms with E-state index in [9.17, 15) is 24.6 Å². The number of carbonyl (C=O) groups is 3. The number of unbranched alkanes of at least 4 members (excludes halogenated alkanes) is 1.